The van der Waals surface area contributed by atoms with Crippen molar-refractivity contribution in [3.8, 4) is 0 Å². The molecule has 0 heterocycles. The van der Waals surface area contributed by atoms with Crippen LogP contribution in [0.2, 0.25) is 0 Å². The van der Waals surface area contributed by atoms with Crippen molar-refractivity contribution >= 4 is 5.97 Å². The van der Waals surface area contributed by atoms with Crippen molar-refractivity contribution < 1.29 is 9.53 Å². The number of carbonyl (C=O) groups is 1. The highest BCUT2D eigenvalue weighted by Gasteiger charge is 2.58. The first-order chi connectivity index (χ1) is 12.0. The van der Waals surface area contributed by atoms with E-state index in [0.29, 0.717) is 11.8 Å². The van der Waals surface area contributed by atoms with Crippen LogP contribution < -0.4 is 0 Å². The van der Waals surface area contributed by atoms with E-state index in [4.69, 9.17) is 4.74 Å². The summed E-state index contributed by atoms with van der Waals surface area (Å²) in [7, 11) is 0. The average Bonchev–Trinajstić information content (AvgIpc) is 2.63. The maximum atomic E-state index is 13.1. The number of carbonyl (C=O) groups excluding carboxylic acids is 1. The summed E-state index contributed by atoms with van der Waals surface area (Å²) in [6.07, 6.45) is 7.57. The van der Waals surface area contributed by atoms with Gasteiger partial charge in [0, 0.05) is 0 Å². The van der Waals surface area contributed by atoms with Crippen LogP contribution in [-0.2, 0) is 9.53 Å². The molecule has 2 atom stereocenters. The molecule has 0 spiro atoms. The van der Waals surface area contributed by atoms with Crippen LogP contribution in [0.15, 0.2) is 30.3 Å². The molecule has 0 amide bonds. The van der Waals surface area contributed by atoms with Crippen molar-refractivity contribution in [1.82, 2.24) is 0 Å². The topological polar surface area (TPSA) is 26.3 Å². The summed E-state index contributed by atoms with van der Waals surface area (Å²) in [4.78, 5) is 13.1. The Labute approximate surface area is 152 Å². The first-order valence-electron chi connectivity index (χ1n) is 10.3. The lowest BCUT2D eigenvalue weighted by atomic mass is 9.49. The lowest BCUT2D eigenvalue weighted by molar-refractivity contribution is -0.214. The van der Waals surface area contributed by atoms with Crippen LogP contribution in [0.4, 0.5) is 0 Å². The Morgan fingerprint density at radius 1 is 1.04 bits per heavy atom. The fourth-order valence-electron chi connectivity index (χ4n) is 6.33. The molecule has 0 saturated heterocycles. The second-order valence-electron chi connectivity index (χ2n) is 9.02. The Hall–Kier alpha value is -1.31. The van der Waals surface area contributed by atoms with Gasteiger partial charge in [0.1, 0.15) is 5.60 Å². The maximum Gasteiger partial charge on any atom is 0.309 e. The van der Waals surface area contributed by atoms with Gasteiger partial charge in [-0.05, 0) is 73.7 Å². The van der Waals surface area contributed by atoms with E-state index >= 15 is 0 Å². The minimum atomic E-state index is -0.171. The molecule has 136 valence electrons. The Morgan fingerprint density at radius 3 is 2.12 bits per heavy atom. The molecule has 4 aliphatic rings. The van der Waals surface area contributed by atoms with Crippen LogP contribution in [0.5, 0.6) is 0 Å². The van der Waals surface area contributed by atoms with E-state index in [2.05, 4.69) is 38.1 Å². The van der Waals surface area contributed by atoms with Gasteiger partial charge in [-0.1, -0.05) is 51.1 Å². The monoisotopic (exact) mass is 340 g/mol. The van der Waals surface area contributed by atoms with Crippen LogP contribution in [0.3, 0.4) is 0 Å². The van der Waals surface area contributed by atoms with Crippen molar-refractivity contribution in [2.24, 2.45) is 29.6 Å². The Bertz CT molecular complexity index is 592. The number of rotatable bonds is 5. The molecule has 4 bridgehead atoms. The second-order valence-corrected chi connectivity index (χ2v) is 9.02. The van der Waals surface area contributed by atoms with Gasteiger partial charge in [0.25, 0.3) is 0 Å². The summed E-state index contributed by atoms with van der Waals surface area (Å²) in [5, 5.41) is 0. The van der Waals surface area contributed by atoms with Gasteiger partial charge in [-0.25, -0.2) is 0 Å². The lowest BCUT2D eigenvalue weighted by Gasteiger charge is -2.60. The van der Waals surface area contributed by atoms with Crippen molar-refractivity contribution in [1.29, 1.82) is 0 Å². The predicted molar refractivity (Wildman–Crippen MR) is 100 cm³/mol. The molecule has 1 aromatic rings. The Kier molecular flexibility index (Phi) is 4.42. The molecule has 2 heteroatoms. The SMILES string of the molecule is CCC1(OC(=O)C(C)C(C)c2ccccc2)C2CC3CC(C2)CC1C3. The van der Waals surface area contributed by atoms with E-state index < -0.39 is 0 Å². The van der Waals surface area contributed by atoms with E-state index in [1.165, 1.54) is 37.7 Å². The molecule has 25 heavy (non-hydrogen) atoms. The number of ether oxygens (including phenoxy) is 1. The molecule has 5 rings (SSSR count). The second kappa shape index (κ2) is 6.45. The molecule has 0 N–H and O–H groups in total. The van der Waals surface area contributed by atoms with Gasteiger partial charge in [-0.2, -0.15) is 0 Å². The zero-order chi connectivity index (χ0) is 17.6. The van der Waals surface area contributed by atoms with Gasteiger partial charge >= 0.3 is 5.97 Å². The first kappa shape index (κ1) is 17.1. The fraction of sp³-hybridized carbons (Fsp3) is 0.696. The molecular formula is C23H32O2. The molecule has 1 aromatic carbocycles. The van der Waals surface area contributed by atoms with Crippen LogP contribution in [0.1, 0.15) is 70.8 Å². The highest BCUT2D eigenvalue weighted by Crippen LogP contribution is 2.60. The van der Waals surface area contributed by atoms with E-state index in [0.717, 1.165) is 18.3 Å². The van der Waals surface area contributed by atoms with Crippen LogP contribution in [-0.4, -0.2) is 11.6 Å². The Balaban J connectivity index is 1.51. The number of hydrogen-bond acceptors (Lipinski definition) is 2. The smallest absolute Gasteiger partial charge is 0.309 e. The molecule has 2 nitrogen and oxygen atoms in total. The normalized spacial score (nSPS) is 38.4. The lowest BCUT2D eigenvalue weighted by Crippen LogP contribution is -2.59. The quantitative estimate of drug-likeness (QED) is 0.655. The zero-order valence-electron chi connectivity index (χ0n) is 15.9. The molecule has 0 radical (unpaired) electrons. The van der Waals surface area contributed by atoms with Gasteiger partial charge in [-0.15, -0.1) is 0 Å². The minimum Gasteiger partial charge on any atom is -0.458 e. The molecule has 4 saturated carbocycles. The Morgan fingerprint density at radius 2 is 1.60 bits per heavy atom. The third-order valence-corrected chi connectivity index (χ3v) is 7.81. The van der Waals surface area contributed by atoms with Crippen LogP contribution in [0.25, 0.3) is 0 Å². The number of hydrogen-bond donors (Lipinski definition) is 0. The highest BCUT2D eigenvalue weighted by atomic mass is 16.6. The summed E-state index contributed by atoms with van der Waals surface area (Å²) in [6, 6.07) is 10.4. The maximum absolute atomic E-state index is 13.1. The van der Waals surface area contributed by atoms with Crippen molar-refractivity contribution in [2.75, 3.05) is 0 Å². The van der Waals surface area contributed by atoms with Crippen molar-refractivity contribution in [3.63, 3.8) is 0 Å². The third-order valence-electron chi connectivity index (χ3n) is 7.81. The van der Waals surface area contributed by atoms with Gasteiger partial charge in [0.2, 0.25) is 0 Å². The van der Waals surface area contributed by atoms with E-state index in [9.17, 15) is 4.79 Å². The van der Waals surface area contributed by atoms with Gasteiger partial charge in [0.05, 0.1) is 5.92 Å². The van der Waals surface area contributed by atoms with Gasteiger partial charge in [0.15, 0.2) is 0 Å². The molecule has 2 unspecified atom stereocenters. The largest absolute Gasteiger partial charge is 0.458 e. The summed E-state index contributed by atoms with van der Waals surface area (Å²) in [6.45, 7) is 6.43. The van der Waals surface area contributed by atoms with Crippen molar-refractivity contribution in [2.45, 2.75) is 70.8 Å². The zero-order valence-corrected chi connectivity index (χ0v) is 15.9. The van der Waals surface area contributed by atoms with E-state index in [-0.39, 0.29) is 23.4 Å². The molecule has 0 aliphatic heterocycles. The third kappa shape index (κ3) is 2.82. The summed E-state index contributed by atoms with van der Waals surface area (Å²) < 4.78 is 6.43. The standard InChI is InChI=1S/C23H32O2/c1-4-23(20-11-17-10-18(13-20)14-21(23)12-17)25-22(24)16(3)15(2)19-8-6-5-7-9-19/h5-9,15-18,20-21H,4,10-14H2,1-3H3. The fourth-order valence-corrected chi connectivity index (χ4v) is 6.33. The average molecular weight is 341 g/mol. The molecule has 4 fully saturated rings. The molecule has 4 aliphatic carbocycles. The summed E-state index contributed by atoms with van der Waals surface area (Å²) >= 11 is 0. The first-order valence-corrected chi connectivity index (χ1v) is 10.3. The van der Waals surface area contributed by atoms with Crippen molar-refractivity contribution in [3.05, 3.63) is 35.9 Å². The van der Waals surface area contributed by atoms with E-state index in [1.807, 2.05) is 13.0 Å². The number of benzene rings is 1. The van der Waals surface area contributed by atoms with Crippen LogP contribution in [0, 0.1) is 29.6 Å². The predicted octanol–water partition coefficient (Wildman–Crippen LogP) is 5.57. The van der Waals surface area contributed by atoms with Gasteiger partial charge in [-0.3, -0.25) is 4.79 Å². The van der Waals surface area contributed by atoms with Crippen LogP contribution >= 0.6 is 0 Å². The summed E-state index contributed by atoms with van der Waals surface area (Å²) in [5.74, 6) is 3.14. The minimum absolute atomic E-state index is 0.0191. The highest BCUT2D eigenvalue weighted by molar-refractivity contribution is 5.74. The molecular weight excluding hydrogens is 308 g/mol. The number of esters is 1. The van der Waals surface area contributed by atoms with E-state index in [1.54, 1.807) is 0 Å². The van der Waals surface area contributed by atoms with Gasteiger partial charge < -0.3 is 4.74 Å². The summed E-state index contributed by atoms with van der Waals surface area (Å²) in [5.41, 5.74) is 1.05. The molecule has 0 aromatic heterocycles.